The number of amides is 2. The fraction of sp³-hybridized carbons (Fsp3) is 0.500. The monoisotopic (exact) mass is 506 g/mol. The number of alkyl halides is 3. The molecule has 2 fully saturated rings. The number of halogens is 4. The normalized spacial score (nSPS) is 19.5. The second-order valence-electron chi connectivity index (χ2n) is 9.72. The van der Waals surface area contributed by atoms with Crippen LogP contribution in [0.3, 0.4) is 0 Å². The van der Waals surface area contributed by atoms with Gasteiger partial charge in [-0.1, -0.05) is 12.8 Å². The Labute approximate surface area is 207 Å². The van der Waals surface area contributed by atoms with Crippen molar-refractivity contribution in [1.82, 2.24) is 14.8 Å². The summed E-state index contributed by atoms with van der Waals surface area (Å²) >= 11 is 0. The third-order valence-electron chi connectivity index (χ3n) is 7.14. The van der Waals surface area contributed by atoms with Crippen LogP contribution in [0.4, 0.5) is 23.2 Å². The van der Waals surface area contributed by atoms with Gasteiger partial charge in [-0.3, -0.25) is 19.5 Å². The van der Waals surface area contributed by atoms with E-state index in [0.29, 0.717) is 37.3 Å². The van der Waals surface area contributed by atoms with Crippen molar-refractivity contribution in [2.75, 3.05) is 25.0 Å². The molecule has 1 aliphatic carbocycles. The molecule has 1 N–H and O–H groups in total. The number of carbonyl (C=O) groups excluding carboxylic acids is 2. The summed E-state index contributed by atoms with van der Waals surface area (Å²) in [5.74, 6) is -0.831. The van der Waals surface area contributed by atoms with Crippen molar-refractivity contribution in [2.24, 2.45) is 5.92 Å². The van der Waals surface area contributed by atoms with Crippen LogP contribution < -0.4 is 5.32 Å². The Morgan fingerprint density at radius 3 is 2.47 bits per heavy atom. The molecule has 1 saturated heterocycles. The third kappa shape index (κ3) is 5.86. The van der Waals surface area contributed by atoms with Gasteiger partial charge in [-0.2, -0.15) is 13.2 Å². The average Bonchev–Trinajstić information content (AvgIpc) is 3.36. The van der Waals surface area contributed by atoms with Gasteiger partial charge < -0.3 is 10.2 Å². The molecule has 10 heteroatoms. The first kappa shape index (κ1) is 26.1. The van der Waals surface area contributed by atoms with Crippen LogP contribution in [-0.4, -0.2) is 52.3 Å². The summed E-state index contributed by atoms with van der Waals surface area (Å²) in [5, 5.41) is 2.59. The van der Waals surface area contributed by atoms with Gasteiger partial charge in [0, 0.05) is 50.0 Å². The van der Waals surface area contributed by atoms with E-state index in [2.05, 4.69) is 15.2 Å². The molecule has 0 radical (unpaired) electrons. The molecule has 6 nitrogen and oxygen atoms in total. The van der Waals surface area contributed by atoms with E-state index >= 15 is 0 Å². The first-order chi connectivity index (χ1) is 17.0. The number of piperazine rings is 1. The van der Waals surface area contributed by atoms with E-state index in [1.54, 1.807) is 6.92 Å². The van der Waals surface area contributed by atoms with Gasteiger partial charge in [0.15, 0.2) is 0 Å². The summed E-state index contributed by atoms with van der Waals surface area (Å²) in [6.45, 7) is 6.18. The van der Waals surface area contributed by atoms with Crippen molar-refractivity contribution in [3.63, 3.8) is 0 Å². The highest BCUT2D eigenvalue weighted by Gasteiger charge is 2.34. The number of aromatic nitrogens is 1. The van der Waals surface area contributed by atoms with Crippen molar-refractivity contribution in [2.45, 2.75) is 58.3 Å². The summed E-state index contributed by atoms with van der Waals surface area (Å²) in [7, 11) is 0. The molecule has 1 saturated carbocycles. The number of anilines is 1. The molecule has 1 atom stereocenters. The lowest BCUT2D eigenvalue weighted by Crippen LogP contribution is -2.54. The van der Waals surface area contributed by atoms with Gasteiger partial charge in [-0.05, 0) is 62.1 Å². The average molecular weight is 507 g/mol. The van der Waals surface area contributed by atoms with Gasteiger partial charge in [-0.25, -0.2) is 4.39 Å². The molecule has 2 aliphatic rings. The zero-order chi connectivity index (χ0) is 26.0. The Balaban J connectivity index is 1.42. The Bertz CT molecular complexity index is 1110. The molecule has 1 aromatic heterocycles. The van der Waals surface area contributed by atoms with Crippen LogP contribution in [-0.2, 0) is 17.5 Å². The zero-order valence-corrected chi connectivity index (χ0v) is 20.4. The maximum absolute atomic E-state index is 14.5. The Hall–Kier alpha value is -3.01. The van der Waals surface area contributed by atoms with Gasteiger partial charge in [0.1, 0.15) is 11.5 Å². The number of nitrogens with one attached hydrogen (secondary N) is 1. The van der Waals surface area contributed by atoms with Gasteiger partial charge >= 0.3 is 6.18 Å². The third-order valence-corrected chi connectivity index (χ3v) is 7.14. The van der Waals surface area contributed by atoms with Crippen LogP contribution in [0, 0.1) is 18.7 Å². The molecule has 2 amide bonds. The molecule has 0 spiro atoms. The zero-order valence-electron chi connectivity index (χ0n) is 20.4. The molecule has 4 rings (SSSR count). The highest BCUT2D eigenvalue weighted by molar-refractivity contribution is 6.04. The minimum absolute atomic E-state index is 0.0482. The van der Waals surface area contributed by atoms with Gasteiger partial charge in [-0.15, -0.1) is 0 Å². The second-order valence-corrected chi connectivity index (χ2v) is 9.72. The Kier molecular flexibility index (Phi) is 7.63. The summed E-state index contributed by atoms with van der Waals surface area (Å²) in [6, 6.07) is 4.43. The number of pyridine rings is 1. The molecule has 2 aromatic rings. The quantitative estimate of drug-likeness (QED) is 0.579. The van der Waals surface area contributed by atoms with E-state index in [1.807, 2.05) is 11.8 Å². The maximum atomic E-state index is 14.5. The fourth-order valence-electron chi connectivity index (χ4n) is 5.07. The molecule has 1 aliphatic heterocycles. The summed E-state index contributed by atoms with van der Waals surface area (Å²) in [6.07, 6.45) is 0.392. The number of benzene rings is 1. The van der Waals surface area contributed by atoms with Crippen LogP contribution >= 0.6 is 0 Å². The van der Waals surface area contributed by atoms with E-state index in [9.17, 15) is 27.2 Å². The van der Waals surface area contributed by atoms with E-state index in [-0.39, 0.29) is 29.1 Å². The highest BCUT2D eigenvalue weighted by Crippen LogP contribution is 2.30. The number of hydrogen-bond acceptors (Lipinski definition) is 4. The fourth-order valence-corrected chi connectivity index (χ4v) is 5.07. The standard InChI is InChI=1S/C26H30F4N4O2/c1-16-14-33(9-10-34(16)25(36)18-5-3-4-6-18)15-20-11-21(27)12-22(17(20)2)32-24(35)19-7-8-23(31-13-19)26(28,29)30/h7-8,11-13,16,18H,3-6,9-10,14-15H2,1-2H3,(H,32,35)/t16-/m0/s1. The van der Waals surface area contributed by atoms with Crippen LogP contribution in [0.15, 0.2) is 30.5 Å². The topological polar surface area (TPSA) is 65.5 Å². The van der Waals surface area contributed by atoms with Gasteiger partial charge in [0.2, 0.25) is 5.91 Å². The molecule has 0 unspecified atom stereocenters. The van der Waals surface area contributed by atoms with Crippen molar-refractivity contribution < 1.29 is 27.2 Å². The molecular weight excluding hydrogens is 476 g/mol. The van der Waals surface area contributed by atoms with Crippen molar-refractivity contribution in [3.8, 4) is 0 Å². The number of carbonyl (C=O) groups is 2. The molecule has 2 heterocycles. The summed E-state index contributed by atoms with van der Waals surface area (Å²) in [5.41, 5.74) is 0.450. The second kappa shape index (κ2) is 10.5. The highest BCUT2D eigenvalue weighted by atomic mass is 19.4. The smallest absolute Gasteiger partial charge is 0.337 e. The minimum Gasteiger partial charge on any atom is -0.337 e. The van der Waals surface area contributed by atoms with E-state index in [4.69, 9.17) is 0 Å². The van der Waals surface area contributed by atoms with Crippen molar-refractivity contribution in [1.29, 1.82) is 0 Å². The van der Waals surface area contributed by atoms with Crippen molar-refractivity contribution >= 4 is 17.5 Å². The van der Waals surface area contributed by atoms with Crippen molar-refractivity contribution in [3.05, 3.63) is 58.7 Å². The number of rotatable bonds is 5. The predicted molar refractivity (Wildman–Crippen MR) is 127 cm³/mol. The van der Waals surface area contributed by atoms with Crippen LogP contribution in [0.5, 0.6) is 0 Å². The van der Waals surface area contributed by atoms with Gasteiger partial charge in [0.25, 0.3) is 5.91 Å². The summed E-state index contributed by atoms with van der Waals surface area (Å²) in [4.78, 5) is 32.9. The predicted octanol–water partition coefficient (Wildman–Crippen LogP) is 5.02. The molecule has 0 bridgehead atoms. The molecule has 36 heavy (non-hydrogen) atoms. The molecule has 1 aromatic carbocycles. The largest absolute Gasteiger partial charge is 0.433 e. The minimum atomic E-state index is -4.60. The number of hydrogen-bond donors (Lipinski definition) is 1. The maximum Gasteiger partial charge on any atom is 0.433 e. The lowest BCUT2D eigenvalue weighted by molar-refractivity contribution is -0.141. The van der Waals surface area contributed by atoms with Crippen LogP contribution in [0.1, 0.15) is 59.8 Å². The lowest BCUT2D eigenvalue weighted by atomic mass is 10.0. The van der Waals surface area contributed by atoms with E-state index in [0.717, 1.165) is 44.0 Å². The Morgan fingerprint density at radius 2 is 1.86 bits per heavy atom. The molecular formula is C26H30F4N4O2. The SMILES string of the molecule is Cc1c(CN2CCN(C(=O)C3CCCC3)[C@@H](C)C2)cc(F)cc1NC(=O)c1ccc(C(F)(F)F)nc1. The Morgan fingerprint density at radius 1 is 1.14 bits per heavy atom. The van der Waals surface area contributed by atoms with Gasteiger partial charge in [0.05, 0.1) is 5.56 Å². The van der Waals surface area contributed by atoms with E-state index in [1.165, 1.54) is 12.1 Å². The first-order valence-electron chi connectivity index (χ1n) is 12.2. The van der Waals surface area contributed by atoms with E-state index < -0.39 is 23.6 Å². The first-order valence-corrected chi connectivity index (χ1v) is 12.2. The van der Waals surface area contributed by atoms with Crippen LogP contribution in [0.2, 0.25) is 0 Å². The van der Waals surface area contributed by atoms with Crippen LogP contribution in [0.25, 0.3) is 0 Å². The lowest BCUT2D eigenvalue weighted by Gasteiger charge is -2.41. The summed E-state index contributed by atoms with van der Waals surface area (Å²) < 4.78 is 52.6. The number of nitrogens with zero attached hydrogens (tertiary/aromatic N) is 3. The molecule has 194 valence electrons.